The lowest BCUT2D eigenvalue weighted by Crippen LogP contribution is -2.40. The highest BCUT2D eigenvalue weighted by Crippen LogP contribution is 2.27. The summed E-state index contributed by atoms with van der Waals surface area (Å²) in [7, 11) is 0. The second-order valence-corrected chi connectivity index (χ2v) is 8.31. The zero-order valence-electron chi connectivity index (χ0n) is 17.8. The second-order valence-electron chi connectivity index (χ2n) is 7.38. The van der Waals surface area contributed by atoms with Crippen LogP contribution in [-0.4, -0.2) is 62.4 Å². The number of ether oxygens (including phenoxy) is 2. The van der Waals surface area contributed by atoms with Gasteiger partial charge in [-0.3, -0.25) is 9.25 Å². The van der Waals surface area contributed by atoms with E-state index in [1.54, 1.807) is 11.3 Å². The van der Waals surface area contributed by atoms with Gasteiger partial charge >= 0.3 is 0 Å². The van der Waals surface area contributed by atoms with E-state index < -0.39 is 0 Å². The molecule has 30 heavy (non-hydrogen) atoms. The van der Waals surface area contributed by atoms with Crippen molar-refractivity contribution in [1.82, 2.24) is 29.5 Å². The lowest BCUT2D eigenvalue weighted by atomic mass is 10.3. The van der Waals surface area contributed by atoms with Crippen LogP contribution < -0.4 is 4.90 Å². The van der Waals surface area contributed by atoms with Gasteiger partial charge in [0, 0.05) is 43.6 Å². The maximum absolute atomic E-state index is 5.96. The van der Waals surface area contributed by atoms with Gasteiger partial charge in [-0.15, -0.1) is 21.5 Å². The van der Waals surface area contributed by atoms with Crippen molar-refractivity contribution in [2.75, 3.05) is 37.8 Å². The van der Waals surface area contributed by atoms with E-state index in [0.717, 1.165) is 67.4 Å². The molecule has 0 spiro atoms. The molecule has 0 radical (unpaired) electrons. The fourth-order valence-electron chi connectivity index (χ4n) is 3.72. The van der Waals surface area contributed by atoms with Crippen molar-refractivity contribution in [3.63, 3.8) is 0 Å². The lowest BCUT2D eigenvalue weighted by Gasteiger charge is -2.32. The van der Waals surface area contributed by atoms with Crippen molar-refractivity contribution in [2.45, 2.75) is 46.4 Å². The zero-order valence-corrected chi connectivity index (χ0v) is 18.6. The van der Waals surface area contributed by atoms with E-state index in [1.807, 2.05) is 30.1 Å². The van der Waals surface area contributed by atoms with Gasteiger partial charge in [0.1, 0.15) is 17.7 Å². The second kappa shape index (κ2) is 9.67. The van der Waals surface area contributed by atoms with Gasteiger partial charge in [-0.05, 0) is 33.3 Å². The third-order valence-electron chi connectivity index (χ3n) is 5.15. The Morgan fingerprint density at radius 1 is 1.30 bits per heavy atom. The standard InChI is InChI=1S/C20H29N7O2S/c1-4-28-9-5-7-26-18(14-27-16(3)12-15(2)24-27)22-23-20(26)25-8-10-29-17(13-25)19-21-6-11-30-19/h6,11-12,17H,4-5,7-10,13-14H2,1-3H3/t17-/m1/s1. The Bertz CT molecular complexity index is 937. The van der Waals surface area contributed by atoms with E-state index in [9.17, 15) is 0 Å². The number of hydrogen-bond donors (Lipinski definition) is 0. The number of nitrogens with zero attached hydrogens (tertiary/aromatic N) is 7. The third-order valence-corrected chi connectivity index (χ3v) is 6.02. The van der Waals surface area contributed by atoms with Gasteiger partial charge in [-0.2, -0.15) is 5.10 Å². The smallest absolute Gasteiger partial charge is 0.227 e. The topological polar surface area (TPSA) is 83.1 Å². The molecule has 10 heteroatoms. The number of hydrogen-bond acceptors (Lipinski definition) is 8. The van der Waals surface area contributed by atoms with Gasteiger partial charge in [-0.1, -0.05) is 0 Å². The van der Waals surface area contributed by atoms with Gasteiger partial charge in [-0.25, -0.2) is 4.98 Å². The normalized spacial score (nSPS) is 17.0. The average Bonchev–Trinajstić information content (AvgIpc) is 3.47. The van der Waals surface area contributed by atoms with Crippen LogP contribution in [-0.2, 0) is 22.6 Å². The fourth-order valence-corrected chi connectivity index (χ4v) is 4.39. The molecule has 1 aliphatic rings. The van der Waals surface area contributed by atoms with Crippen LogP contribution in [0.15, 0.2) is 17.6 Å². The van der Waals surface area contributed by atoms with Crippen LogP contribution in [0.1, 0.15) is 41.7 Å². The molecule has 1 fully saturated rings. The van der Waals surface area contributed by atoms with Gasteiger partial charge in [0.2, 0.25) is 5.95 Å². The molecule has 4 rings (SSSR count). The highest BCUT2D eigenvalue weighted by atomic mass is 32.1. The van der Waals surface area contributed by atoms with E-state index in [1.165, 1.54) is 0 Å². The molecule has 1 saturated heterocycles. The maximum Gasteiger partial charge on any atom is 0.227 e. The van der Waals surface area contributed by atoms with Crippen LogP contribution in [0.5, 0.6) is 0 Å². The average molecular weight is 432 g/mol. The molecule has 1 atom stereocenters. The van der Waals surface area contributed by atoms with Gasteiger partial charge < -0.3 is 14.4 Å². The van der Waals surface area contributed by atoms with Gasteiger partial charge in [0.25, 0.3) is 0 Å². The number of anilines is 1. The molecule has 0 unspecified atom stereocenters. The van der Waals surface area contributed by atoms with Gasteiger partial charge in [0.05, 0.1) is 18.8 Å². The van der Waals surface area contributed by atoms with Crippen LogP contribution >= 0.6 is 11.3 Å². The summed E-state index contributed by atoms with van der Waals surface area (Å²) in [6.07, 6.45) is 2.70. The minimum absolute atomic E-state index is 0.0354. The van der Waals surface area contributed by atoms with Crippen molar-refractivity contribution in [2.24, 2.45) is 0 Å². The molecule has 3 aromatic heterocycles. The van der Waals surface area contributed by atoms with Crippen molar-refractivity contribution in [1.29, 1.82) is 0 Å². The highest BCUT2D eigenvalue weighted by Gasteiger charge is 2.28. The molecule has 0 N–H and O–H groups in total. The molecule has 0 bridgehead atoms. The number of morpholine rings is 1. The van der Waals surface area contributed by atoms with Crippen LogP contribution in [0, 0.1) is 13.8 Å². The Morgan fingerprint density at radius 3 is 2.93 bits per heavy atom. The number of aromatic nitrogens is 6. The molecule has 0 amide bonds. The largest absolute Gasteiger partial charge is 0.382 e. The fraction of sp³-hybridized carbons (Fsp3) is 0.600. The molecule has 0 aliphatic carbocycles. The predicted octanol–water partition coefficient (Wildman–Crippen LogP) is 2.60. The van der Waals surface area contributed by atoms with Crippen LogP contribution in [0.2, 0.25) is 0 Å². The SMILES string of the molecule is CCOCCCn1c(Cn2nc(C)cc2C)nnc1N1CCO[C@@H](c2nccs2)C1. The first-order chi connectivity index (χ1) is 14.7. The molecule has 4 heterocycles. The molecule has 162 valence electrons. The van der Waals surface area contributed by atoms with Crippen molar-refractivity contribution >= 4 is 17.3 Å². The molecule has 0 saturated carbocycles. The summed E-state index contributed by atoms with van der Waals surface area (Å²) in [4.78, 5) is 6.69. The Labute approximate surface area is 180 Å². The van der Waals surface area contributed by atoms with Crippen molar-refractivity contribution in [3.05, 3.63) is 39.9 Å². The summed E-state index contributed by atoms with van der Waals surface area (Å²) in [5.74, 6) is 1.79. The molecule has 1 aliphatic heterocycles. The molecular formula is C20H29N7O2S. The Morgan fingerprint density at radius 2 is 2.20 bits per heavy atom. The molecular weight excluding hydrogens is 402 g/mol. The highest BCUT2D eigenvalue weighted by molar-refractivity contribution is 7.09. The number of thiazole rings is 1. The Kier molecular flexibility index (Phi) is 6.76. The van der Waals surface area contributed by atoms with E-state index >= 15 is 0 Å². The van der Waals surface area contributed by atoms with Crippen LogP contribution in [0.25, 0.3) is 0 Å². The Hall–Kier alpha value is -2.30. The quantitative estimate of drug-likeness (QED) is 0.482. The summed E-state index contributed by atoms with van der Waals surface area (Å²) < 4.78 is 15.7. The minimum atomic E-state index is -0.0354. The van der Waals surface area contributed by atoms with Crippen LogP contribution in [0.3, 0.4) is 0 Å². The summed E-state index contributed by atoms with van der Waals surface area (Å²) in [5, 5.41) is 16.7. The molecule has 3 aromatic rings. The predicted molar refractivity (Wildman–Crippen MR) is 115 cm³/mol. The first-order valence-electron chi connectivity index (χ1n) is 10.4. The maximum atomic E-state index is 5.96. The monoisotopic (exact) mass is 431 g/mol. The van der Waals surface area contributed by atoms with E-state index in [-0.39, 0.29) is 6.10 Å². The summed E-state index contributed by atoms with van der Waals surface area (Å²) >= 11 is 1.63. The van der Waals surface area contributed by atoms with Crippen LogP contribution in [0.4, 0.5) is 5.95 Å². The van der Waals surface area contributed by atoms with E-state index in [2.05, 4.69) is 42.7 Å². The van der Waals surface area contributed by atoms with Gasteiger partial charge in [0.15, 0.2) is 5.82 Å². The summed E-state index contributed by atoms with van der Waals surface area (Å²) in [6, 6.07) is 2.08. The van der Waals surface area contributed by atoms with E-state index in [0.29, 0.717) is 13.2 Å². The number of aryl methyl sites for hydroxylation is 2. The minimum Gasteiger partial charge on any atom is -0.382 e. The number of rotatable bonds is 9. The third kappa shape index (κ3) is 4.71. The first kappa shape index (κ1) is 21.0. The van der Waals surface area contributed by atoms with E-state index in [4.69, 9.17) is 9.47 Å². The first-order valence-corrected chi connectivity index (χ1v) is 11.3. The lowest BCUT2D eigenvalue weighted by molar-refractivity contribution is 0.0387. The molecule has 0 aromatic carbocycles. The summed E-state index contributed by atoms with van der Waals surface area (Å²) in [6.45, 7) is 11.1. The molecule has 9 nitrogen and oxygen atoms in total. The summed E-state index contributed by atoms with van der Waals surface area (Å²) in [5.41, 5.74) is 2.13. The Balaban J connectivity index is 1.56. The zero-order chi connectivity index (χ0) is 20.9. The van der Waals surface area contributed by atoms with Crippen molar-refractivity contribution < 1.29 is 9.47 Å². The van der Waals surface area contributed by atoms with Crippen molar-refractivity contribution in [3.8, 4) is 0 Å².